The quantitative estimate of drug-likeness (QED) is 0.246. The molecule has 0 spiro atoms. The summed E-state index contributed by atoms with van der Waals surface area (Å²) in [5.41, 5.74) is 10.3. The molecule has 0 radical (unpaired) electrons. The average molecular weight is 490 g/mol. The first-order chi connectivity index (χ1) is 18.0. The predicted octanol–water partition coefficient (Wildman–Crippen LogP) is 2.81. The van der Waals surface area contributed by atoms with Gasteiger partial charge in [-0.05, 0) is 35.4 Å². The fourth-order valence-electron chi connectivity index (χ4n) is 4.11. The number of nitrogens with one attached hydrogen (secondary N) is 1. The number of hydrogen-bond donors (Lipinski definition) is 3. The van der Waals surface area contributed by atoms with Crippen molar-refractivity contribution in [2.24, 2.45) is 5.73 Å². The van der Waals surface area contributed by atoms with Crippen LogP contribution >= 0.6 is 0 Å². The van der Waals surface area contributed by atoms with E-state index in [0.717, 1.165) is 33.5 Å². The third-order valence-corrected chi connectivity index (χ3v) is 5.78. The number of pyridine rings is 2. The number of benzene rings is 2. The van der Waals surface area contributed by atoms with Gasteiger partial charge in [0, 0.05) is 31.2 Å². The van der Waals surface area contributed by atoms with E-state index in [4.69, 9.17) is 31.3 Å². The lowest BCUT2D eigenvalue weighted by molar-refractivity contribution is -0.130. The lowest BCUT2D eigenvalue weighted by Gasteiger charge is -2.22. The van der Waals surface area contributed by atoms with Crippen LogP contribution in [0.3, 0.4) is 0 Å². The zero-order chi connectivity index (χ0) is 25.8. The summed E-state index contributed by atoms with van der Waals surface area (Å²) >= 11 is 0. The number of amidine groups is 1. The lowest BCUT2D eigenvalue weighted by atomic mass is 10.0. The maximum absolute atomic E-state index is 7.34. The Bertz CT molecular complexity index is 1590. The summed E-state index contributed by atoms with van der Waals surface area (Å²) in [6, 6.07) is 23.3. The molecule has 5 rings (SSSR count). The maximum atomic E-state index is 7.34. The van der Waals surface area contributed by atoms with Gasteiger partial charge in [0.05, 0.1) is 23.1 Å². The van der Waals surface area contributed by atoms with Crippen molar-refractivity contribution in [1.29, 1.82) is 5.41 Å². The number of hydrogen-bond acceptors (Lipinski definition) is 7. The first-order valence-electron chi connectivity index (χ1n) is 11.6. The van der Waals surface area contributed by atoms with Crippen LogP contribution < -0.4 is 16.0 Å². The van der Waals surface area contributed by atoms with Crippen LogP contribution in [0.1, 0.15) is 11.3 Å². The predicted molar refractivity (Wildman–Crippen MR) is 144 cm³/mol. The molecule has 9 nitrogen and oxygen atoms in total. The van der Waals surface area contributed by atoms with Crippen molar-refractivity contribution in [1.82, 2.24) is 19.9 Å². The number of anilines is 1. The third kappa shape index (κ3) is 5.10. The molecule has 0 saturated heterocycles. The summed E-state index contributed by atoms with van der Waals surface area (Å²) in [6.07, 6.45) is 4.98. The molecule has 0 aliphatic carbocycles. The molecule has 2 aromatic carbocycles. The fraction of sp³-hybridized carbons (Fsp3) is 0.0714. The highest BCUT2D eigenvalue weighted by Crippen LogP contribution is 2.35. The van der Waals surface area contributed by atoms with Crippen molar-refractivity contribution < 1.29 is 10.1 Å². The van der Waals surface area contributed by atoms with E-state index >= 15 is 0 Å². The summed E-state index contributed by atoms with van der Waals surface area (Å²) in [4.78, 5) is 20.7. The van der Waals surface area contributed by atoms with Crippen molar-refractivity contribution >= 4 is 28.6 Å². The number of fused-ring (bicyclic) bond motifs is 1. The van der Waals surface area contributed by atoms with Crippen LogP contribution in [0.2, 0.25) is 0 Å². The summed E-state index contributed by atoms with van der Waals surface area (Å²) in [6.45, 7) is 0.557. The highest BCUT2D eigenvalue weighted by Gasteiger charge is 2.19. The van der Waals surface area contributed by atoms with Crippen LogP contribution in [0, 0.1) is 5.41 Å². The lowest BCUT2D eigenvalue weighted by Crippen LogP contribution is -2.44. The van der Waals surface area contributed by atoms with Gasteiger partial charge in [-0.1, -0.05) is 48.5 Å². The fourth-order valence-corrected chi connectivity index (χ4v) is 4.11. The maximum Gasteiger partial charge on any atom is 0.376 e. The highest BCUT2D eigenvalue weighted by molar-refractivity contribution is 6.03. The summed E-state index contributed by atoms with van der Waals surface area (Å²) in [7, 11) is 1.99. The van der Waals surface area contributed by atoms with E-state index in [2.05, 4.69) is 33.1 Å². The SMILES string of the molecule is CN(Cc1ccccn1)c1nc(-c2cncc(C(=[NH2+])OC(=N)N)c2)nc2cccc(-c3ccccc3)c12. The van der Waals surface area contributed by atoms with Crippen molar-refractivity contribution in [2.45, 2.75) is 6.54 Å². The van der Waals surface area contributed by atoms with E-state index in [1.165, 1.54) is 6.20 Å². The van der Waals surface area contributed by atoms with E-state index in [1.807, 2.05) is 55.6 Å². The number of nitrogens with two attached hydrogens (primary N) is 2. The third-order valence-electron chi connectivity index (χ3n) is 5.78. The van der Waals surface area contributed by atoms with Crippen LogP contribution in [0.4, 0.5) is 5.82 Å². The van der Waals surface area contributed by atoms with E-state index in [0.29, 0.717) is 23.5 Å². The van der Waals surface area contributed by atoms with Crippen LogP contribution in [0.5, 0.6) is 0 Å². The van der Waals surface area contributed by atoms with Crippen LogP contribution in [-0.2, 0) is 11.3 Å². The molecular formula is C28H25N8O+. The zero-order valence-corrected chi connectivity index (χ0v) is 20.2. The van der Waals surface area contributed by atoms with Crippen LogP contribution in [-0.4, -0.2) is 38.9 Å². The second-order valence-corrected chi connectivity index (χ2v) is 8.41. The summed E-state index contributed by atoms with van der Waals surface area (Å²) in [5.74, 6) is 1.21. The molecule has 5 aromatic rings. The van der Waals surface area contributed by atoms with Crippen molar-refractivity contribution in [3.05, 3.63) is 103 Å². The molecule has 0 amide bonds. The molecule has 9 heteroatoms. The molecule has 5 N–H and O–H groups in total. The van der Waals surface area contributed by atoms with Gasteiger partial charge in [-0.15, -0.1) is 0 Å². The molecule has 0 bridgehead atoms. The van der Waals surface area contributed by atoms with E-state index < -0.39 is 6.02 Å². The van der Waals surface area contributed by atoms with Gasteiger partial charge >= 0.3 is 5.90 Å². The molecule has 0 aliphatic heterocycles. The monoisotopic (exact) mass is 489 g/mol. The number of aromatic nitrogens is 4. The molecule has 0 fully saturated rings. The topological polar surface area (TPSA) is 139 Å². The number of ether oxygens (including phenoxy) is 1. The normalized spacial score (nSPS) is 10.7. The molecule has 3 aromatic heterocycles. The standard InChI is InChI=1S/C28H24N8O/c1-36(17-21-10-5-6-13-33-21)27-24-22(18-8-3-2-4-9-18)11-7-12-23(24)34-26(35-27)20-14-19(15-32-16-20)25(29)37-28(30)31/h2-16,29H,17H2,1H3,(H3,30,31)/p+1. The smallest absolute Gasteiger partial charge is 0.371 e. The second kappa shape index (κ2) is 10.2. The van der Waals surface area contributed by atoms with Gasteiger partial charge < -0.3 is 15.4 Å². The first-order valence-corrected chi connectivity index (χ1v) is 11.6. The Morgan fingerprint density at radius 1 is 0.973 bits per heavy atom. The van der Waals surface area contributed by atoms with E-state index in [9.17, 15) is 0 Å². The van der Waals surface area contributed by atoms with Crippen molar-refractivity contribution in [2.75, 3.05) is 11.9 Å². The Morgan fingerprint density at radius 2 is 1.78 bits per heavy atom. The Kier molecular flexibility index (Phi) is 6.50. The molecular weight excluding hydrogens is 464 g/mol. The Balaban J connectivity index is 1.67. The zero-order valence-electron chi connectivity index (χ0n) is 20.2. The molecule has 0 atom stereocenters. The first kappa shape index (κ1) is 23.6. The van der Waals surface area contributed by atoms with E-state index in [1.54, 1.807) is 18.5 Å². The van der Waals surface area contributed by atoms with Gasteiger partial charge in [-0.2, -0.15) is 0 Å². The van der Waals surface area contributed by atoms with Gasteiger partial charge in [-0.25, -0.2) is 15.4 Å². The van der Waals surface area contributed by atoms with Gasteiger partial charge in [0.25, 0.3) is 6.02 Å². The van der Waals surface area contributed by atoms with Gasteiger partial charge in [-0.3, -0.25) is 15.4 Å². The van der Waals surface area contributed by atoms with Crippen molar-refractivity contribution in [3.8, 4) is 22.5 Å². The number of nitrogens with zero attached hydrogens (tertiary/aromatic N) is 5. The molecule has 0 unspecified atom stereocenters. The molecule has 182 valence electrons. The Labute approximate surface area is 213 Å². The van der Waals surface area contributed by atoms with Gasteiger partial charge in [0.2, 0.25) is 0 Å². The average Bonchev–Trinajstić information content (AvgIpc) is 2.93. The minimum Gasteiger partial charge on any atom is -0.371 e. The summed E-state index contributed by atoms with van der Waals surface area (Å²) < 4.78 is 5.05. The Hall–Kier alpha value is -5.18. The van der Waals surface area contributed by atoms with E-state index in [-0.39, 0.29) is 5.90 Å². The van der Waals surface area contributed by atoms with Crippen LogP contribution in [0.15, 0.2) is 91.4 Å². The van der Waals surface area contributed by atoms with Gasteiger partial charge in [0.15, 0.2) is 5.82 Å². The van der Waals surface area contributed by atoms with Crippen LogP contribution in [0.25, 0.3) is 33.4 Å². The summed E-state index contributed by atoms with van der Waals surface area (Å²) in [5, 5.41) is 14.2. The second-order valence-electron chi connectivity index (χ2n) is 8.41. The van der Waals surface area contributed by atoms with Gasteiger partial charge in [0.1, 0.15) is 11.4 Å². The Morgan fingerprint density at radius 3 is 2.54 bits per heavy atom. The molecule has 0 aliphatic rings. The highest BCUT2D eigenvalue weighted by atomic mass is 16.5. The minimum absolute atomic E-state index is 0.0264. The minimum atomic E-state index is -0.503. The molecule has 0 saturated carbocycles. The number of rotatable bonds is 6. The van der Waals surface area contributed by atoms with Crippen molar-refractivity contribution in [3.63, 3.8) is 0 Å². The molecule has 3 heterocycles. The molecule has 37 heavy (non-hydrogen) atoms. The largest absolute Gasteiger partial charge is 0.376 e.